The van der Waals surface area contributed by atoms with Crippen LogP contribution >= 0.6 is 22.7 Å². The monoisotopic (exact) mass is 756 g/mol. The Balaban J connectivity index is 1.39. The van der Waals surface area contributed by atoms with Crippen LogP contribution in [0.25, 0.3) is 54.5 Å². The molecular formula is C38H24F8N2O2S2. The van der Waals surface area contributed by atoms with Crippen molar-refractivity contribution < 1.29 is 44.6 Å². The van der Waals surface area contributed by atoms with Gasteiger partial charge >= 0.3 is 23.7 Å². The van der Waals surface area contributed by atoms with Crippen LogP contribution in [0.1, 0.15) is 11.1 Å². The molecule has 0 amide bonds. The molecule has 0 atom stereocenters. The average Bonchev–Trinajstić information content (AvgIpc) is 3.84. The highest BCUT2D eigenvalue weighted by Crippen LogP contribution is 2.66. The van der Waals surface area contributed by atoms with Crippen molar-refractivity contribution in [2.75, 3.05) is 14.2 Å². The summed E-state index contributed by atoms with van der Waals surface area (Å²) in [6.45, 7) is 0. The molecule has 4 aromatic heterocycles. The van der Waals surface area contributed by atoms with Gasteiger partial charge in [-0.3, -0.25) is 9.97 Å². The van der Waals surface area contributed by atoms with Gasteiger partial charge in [-0.25, -0.2) is 0 Å². The van der Waals surface area contributed by atoms with Gasteiger partial charge in [-0.15, -0.1) is 22.7 Å². The molecule has 0 aliphatic heterocycles. The second-order valence-corrected chi connectivity index (χ2v) is 13.5. The molecule has 6 aromatic rings. The van der Waals surface area contributed by atoms with Crippen molar-refractivity contribution in [1.29, 1.82) is 0 Å². The first kappa shape index (κ1) is 35.3. The zero-order chi connectivity index (χ0) is 37.1. The molecule has 0 fully saturated rings. The van der Waals surface area contributed by atoms with E-state index in [4.69, 9.17) is 9.47 Å². The number of nitrogens with zero attached hydrogens (tertiary/aromatic N) is 2. The fourth-order valence-corrected chi connectivity index (χ4v) is 7.87. The molecule has 0 bridgehead atoms. The molecular weight excluding hydrogens is 733 g/mol. The number of ether oxygens (including phenoxy) is 2. The van der Waals surface area contributed by atoms with Crippen LogP contribution in [0.2, 0.25) is 0 Å². The lowest BCUT2D eigenvalue weighted by atomic mass is 9.75. The van der Waals surface area contributed by atoms with Gasteiger partial charge in [-0.1, -0.05) is 12.1 Å². The molecule has 4 nitrogen and oxygen atoms in total. The summed E-state index contributed by atoms with van der Waals surface area (Å²) in [7, 11) is 2.87. The van der Waals surface area contributed by atoms with Crippen LogP contribution in [0.3, 0.4) is 0 Å². The number of aromatic nitrogens is 2. The Hall–Kier alpha value is -5.08. The molecule has 14 heteroatoms. The minimum absolute atomic E-state index is 0.216. The predicted molar refractivity (Wildman–Crippen MR) is 186 cm³/mol. The van der Waals surface area contributed by atoms with Gasteiger partial charge in [-0.2, -0.15) is 35.1 Å². The van der Waals surface area contributed by atoms with E-state index in [-0.39, 0.29) is 9.75 Å². The maximum absolute atomic E-state index is 15.9. The SMILES string of the molecule is COc1ccc(-c2cc(C3=C(c4csc(-c5ccc(OC)c(-c6ccccn6)c5)c4)C(F)(F)C(F)(F)C(F)(F)C3(F)F)cs2)cc1-c1ccccn1. The zero-order valence-electron chi connectivity index (χ0n) is 26.9. The van der Waals surface area contributed by atoms with Crippen molar-refractivity contribution in [3.8, 4) is 54.9 Å². The number of hydrogen-bond acceptors (Lipinski definition) is 6. The van der Waals surface area contributed by atoms with Gasteiger partial charge < -0.3 is 9.47 Å². The Morgan fingerprint density at radius 3 is 1.25 bits per heavy atom. The molecule has 0 saturated heterocycles. The first-order chi connectivity index (χ1) is 24.7. The normalized spacial score (nSPS) is 17.2. The molecule has 0 N–H and O–H groups in total. The van der Waals surface area contributed by atoms with Gasteiger partial charge in [0, 0.05) is 44.4 Å². The molecule has 7 rings (SSSR count). The molecule has 266 valence electrons. The third-order valence-electron chi connectivity index (χ3n) is 8.69. The second kappa shape index (κ2) is 12.8. The van der Waals surface area contributed by atoms with Crippen LogP contribution in [0, 0.1) is 0 Å². The maximum atomic E-state index is 15.9. The molecule has 52 heavy (non-hydrogen) atoms. The highest BCUT2D eigenvalue weighted by molar-refractivity contribution is 7.14. The molecule has 1 aliphatic carbocycles. The third kappa shape index (κ3) is 5.46. The van der Waals surface area contributed by atoms with E-state index < -0.39 is 46.0 Å². The summed E-state index contributed by atoms with van der Waals surface area (Å²) >= 11 is 1.59. The molecule has 4 heterocycles. The van der Waals surface area contributed by atoms with E-state index in [0.717, 1.165) is 45.6 Å². The van der Waals surface area contributed by atoms with Crippen LogP contribution in [0.4, 0.5) is 35.1 Å². The van der Waals surface area contributed by atoms with Crippen molar-refractivity contribution in [3.05, 3.63) is 119 Å². The summed E-state index contributed by atoms with van der Waals surface area (Å²) in [6.07, 6.45) is 3.09. The summed E-state index contributed by atoms with van der Waals surface area (Å²) in [4.78, 5) is 9.04. The van der Waals surface area contributed by atoms with Crippen LogP contribution in [-0.2, 0) is 0 Å². The maximum Gasteiger partial charge on any atom is 0.382 e. The van der Waals surface area contributed by atoms with Crippen molar-refractivity contribution >= 4 is 33.8 Å². The number of methoxy groups -OCH3 is 2. The number of thiophene rings is 2. The molecule has 2 aromatic carbocycles. The lowest BCUT2D eigenvalue weighted by Crippen LogP contribution is -2.66. The number of rotatable bonds is 8. The quantitative estimate of drug-likeness (QED) is 0.145. The van der Waals surface area contributed by atoms with Crippen LogP contribution in [0.5, 0.6) is 11.5 Å². The van der Waals surface area contributed by atoms with Crippen LogP contribution in [0.15, 0.2) is 108 Å². The lowest BCUT2D eigenvalue weighted by Gasteiger charge is -2.44. The number of benzene rings is 2. The van der Waals surface area contributed by atoms with E-state index in [9.17, 15) is 0 Å². The molecule has 0 saturated carbocycles. The Morgan fingerprint density at radius 1 is 0.500 bits per heavy atom. The Kier molecular flexibility index (Phi) is 8.73. The largest absolute Gasteiger partial charge is 0.496 e. The summed E-state index contributed by atoms with van der Waals surface area (Å²) in [5.41, 5.74) is -2.48. The van der Waals surface area contributed by atoms with E-state index in [1.165, 1.54) is 14.2 Å². The molecule has 0 radical (unpaired) electrons. The smallest absolute Gasteiger partial charge is 0.382 e. The van der Waals surface area contributed by atoms with Gasteiger partial charge in [0.25, 0.3) is 0 Å². The van der Waals surface area contributed by atoms with Gasteiger partial charge in [0.1, 0.15) is 11.5 Å². The summed E-state index contributed by atoms with van der Waals surface area (Å²) in [5, 5.41) is 1.96. The fourth-order valence-electron chi connectivity index (χ4n) is 6.08. The van der Waals surface area contributed by atoms with Crippen LogP contribution < -0.4 is 9.47 Å². The summed E-state index contributed by atoms with van der Waals surface area (Å²) < 4.78 is 135. The minimum Gasteiger partial charge on any atom is -0.496 e. The van der Waals surface area contributed by atoms with Gasteiger partial charge in [0.2, 0.25) is 0 Å². The number of hydrogen-bond donors (Lipinski definition) is 0. The fraction of sp³-hybridized carbons (Fsp3) is 0.158. The van der Waals surface area contributed by atoms with Gasteiger partial charge in [0.05, 0.1) is 25.6 Å². The van der Waals surface area contributed by atoms with Crippen LogP contribution in [-0.4, -0.2) is 47.9 Å². The molecule has 0 unspecified atom stereocenters. The highest BCUT2D eigenvalue weighted by Gasteiger charge is 2.86. The van der Waals surface area contributed by atoms with E-state index in [2.05, 4.69) is 9.97 Å². The lowest BCUT2D eigenvalue weighted by molar-refractivity contribution is -0.344. The van der Waals surface area contributed by atoms with Crippen molar-refractivity contribution in [3.63, 3.8) is 0 Å². The number of alkyl halides is 8. The average molecular weight is 757 g/mol. The van der Waals surface area contributed by atoms with Crippen molar-refractivity contribution in [1.82, 2.24) is 9.97 Å². The minimum atomic E-state index is -6.44. The first-order valence-corrected chi connectivity index (χ1v) is 17.1. The standard InChI is InChI=1S/C38H24F8N2O2S2/c1-49-29-11-9-21(15-25(29)27-7-3-5-13-47-27)31-17-23(19-51-31)33-34(36(41,42)38(45,46)37(43,44)35(33,39)40)24-18-32(52-20-24)22-10-12-30(50-2)26(16-22)28-8-4-6-14-48-28/h3-20H,1-2H3. The van der Waals surface area contributed by atoms with E-state index >= 15 is 35.1 Å². The zero-order valence-corrected chi connectivity index (χ0v) is 28.6. The highest BCUT2D eigenvalue weighted by atomic mass is 32.1. The predicted octanol–water partition coefficient (Wildman–Crippen LogP) is 11.8. The first-order valence-electron chi connectivity index (χ1n) is 15.4. The molecule has 1 aliphatic rings. The number of allylic oxidation sites excluding steroid dienone is 2. The van der Waals surface area contributed by atoms with E-state index in [1.807, 2.05) is 0 Å². The topological polar surface area (TPSA) is 44.2 Å². The summed E-state index contributed by atoms with van der Waals surface area (Å²) in [5.74, 6) is -23.5. The Bertz CT molecular complexity index is 2140. The van der Waals surface area contributed by atoms with Gasteiger partial charge in [-0.05, 0) is 106 Å². The number of pyridine rings is 2. The third-order valence-corrected chi connectivity index (χ3v) is 10.6. The van der Waals surface area contributed by atoms with E-state index in [1.54, 1.807) is 85.2 Å². The van der Waals surface area contributed by atoms with Gasteiger partial charge in [0.15, 0.2) is 0 Å². The Labute approximate surface area is 299 Å². The van der Waals surface area contributed by atoms with Crippen molar-refractivity contribution in [2.24, 2.45) is 0 Å². The number of halogens is 8. The second-order valence-electron chi connectivity index (χ2n) is 11.7. The van der Waals surface area contributed by atoms with Crippen molar-refractivity contribution in [2.45, 2.75) is 23.7 Å². The Morgan fingerprint density at radius 2 is 0.904 bits per heavy atom. The van der Waals surface area contributed by atoms with E-state index in [0.29, 0.717) is 45.1 Å². The molecule has 0 spiro atoms. The summed E-state index contributed by atoms with van der Waals surface area (Å²) in [6, 6.07) is 21.8.